The maximum atomic E-state index is 13.2. The first-order valence-corrected chi connectivity index (χ1v) is 11.6. The van der Waals surface area contributed by atoms with Crippen molar-refractivity contribution in [1.82, 2.24) is 24.2 Å². The van der Waals surface area contributed by atoms with Crippen LogP contribution in [0.4, 0.5) is 5.69 Å². The second kappa shape index (κ2) is 7.03. The van der Waals surface area contributed by atoms with Gasteiger partial charge in [-0.1, -0.05) is 6.07 Å². The van der Waals surface area contributed by atoms with Gasteiger partial charge in [-0.15, -0.1) is 11.3 Å². The van der Waals surface area contributed by atoms with Crippen LogP contribution in [0.1, 0.15) is 44.9 Å². The number of rotatable bonds is 2. The van der Waals surface area contributed by atoms with Crippen molar-refractivity contribution in [3.63, 3.8) is 0 Å². The van der Waals surface area contributed by atoms with Gasteiger partial charge in [0.05, 0.1) is 11.1 Å². The van der Waals surface area contributed by atoms with Crippen molar-refractivity contribution in [2.75, 3.05) is 25.9 Å². The lowest BCUT2D eigenvalue weighted by Crippen LogP contribution is -2.35. The van der Waals surface area contributed by atoms with Crippen molar-refractivity contribution in [3.05, 3.63) is 46.6 Å². The Bertz CT molecular complexity index is 1420. The molecule has 8 nitrogen and oxygen atoms in total. The van der Waals surface area contributed by atoms with Crippen molar-refractivity contribution in [2.24, 2.45) is 0 Å². The van der Waals surface area contributed by atoms with Crippen LogP contribution in [-0.4, -0.2) is 56.1 Å². The number of amides is 2. The second-order valence-corrected chi connectivity index (χ2v) is 9.47. The lowest BCUT2D eigenvalue weighted by molar-refractivity contribution is 0.0729. The van der Waals surface area contributed by atoms with Crippen LogP contribution in [0.5, 0.6) is 0 Å². The van der Waals surface area contributed by atoms with Crippen LogP contribution in [0.15, 0.2) is 30.6 Å². The maximum absolute atomic E-state index is 13.2. The van der Waals surface area contributed by atoms with E-state index >= 15 is 0 Å². The van der Waals surface area contributed by atoms with E-state index in [0.29, 0.717) is 33.4 Å². The Kier molecular flexibility index (Phi) is 4.23. The van der Waals surface area contributed by atoms with Crippen LogP contribution >= 0.6 is 11.3 Å². The number of carbonyl (C=O) groups excluding carboxylic acids is 2. The SMILES string of the molecule is CN1Cc2cc(-c3nc4sc(C(=O)N5CCCCC5)c(N)c4c4nccn34)ccc2C1=O. The summed E-state index contributed by atoms with van der Waals surface area (Å²) in [6.07, 6.45) is 6.78. The van der Waals surface area contributed by atoms with Gasteiger partial charge in [0.1, 0.15) is 15.5 Å². The Morgan fingerprint density at radius 1 is 1.19 bits per heavy atom. The molecule has 1 fully saturated rings. The number of fused-ring (bicyclic) bond motifs is 4. The number of benzene rings is 1. The normalized spacial score (nSPS) is 16.3. The lowest BCUT2D eigenvalue weighted by Gasteiger charge is -2.26. The lowest BCUT2D eigenvalue weighted by atomic mass is 10.1. The summed E-state index contributed by atoms with van der Waals surface area (Å²) >= 11 is 1.34. The fraction of sp³-hybridized carbons (Fsp3) is 0.304. The van der Waals surface area contributed by atoms with E-state index in [9.17, 15) is 9.59 Å². The first-order chi connectivity index (χ1) is 15.5. The number of thiophene rings is 1. The Balaban J connectivity index is 1.51. The molecule has 2 amide bonds. The monoisotopic (exact) mass is 446 g/mol. The number of nitrogen functional groups attached to an aromatic ring is 1. The first kappa shape index (κ1) is 19.2. The van der Waals surface area contributed by atoms with Crippen molar-refractivity contribution in [3.8, 4) is 11.4 Å². The Morgan fingerprint density at radius 3 is 2.81 bits per heavy atom. The number of hydrogen-bond donors (Lipinski definition) is 1. The van der Waals surface area contributed by atoms with Crippen LogP contribution in [0.2, 0.25) is 0 Å². The van der Waals surface area contributed by atoms with Gasteiger partial charge in [-0.25, -0.2) is 9.97 Å². The third kappa shape index (κ3) is 2.74. The van der Waals surface area contributed by atoms with Crippen LogP contribution < -0.4 is 5.73 Å². The van der Waals surface area contributed by atoms with Gasteiger partial charge in [0.2, 0.25) is 0 Å². The zero-order chi connectivity index (χ0) is 22.0. The van der Waals surface area contributed by atoms with E-state index in [4.69, 9.17) is 10.7 Å². The average Bonchev–Trinajstić information content (AvgIpc) is 3.49. The fourth-order valence-corrected chi connectivity index (χ4v) is 5.80. The summed E-state index contributed by atoms with van der Waals surface area (Å²) in [5, 5.41) is 0.722. The van der Waals surface area contributed by atoms with Gasteiger partial charge in [0.25, 0.3) is 11.8 Å². The van der Waals surface area contributed by atoms with Gasteiger partial charge < -0.3 is 15.5 Å². The average molecular weight is 447 g/mol. The number of anilines is 1. The van der Waals surface area contributed by atoms with E-state index < -0.39 is 0 Å². The van der Waals surface area contributed by atoms with Crippen LogP contribution in [0.3, 0.4) is 0 Å². The highest BCUT2D eigenvalue weighted by molar-refractivity contribution is 7.21. The summed E-state index contributed by atoms with van der Waals surface area (Å²) in [5.41, 5.74) is 10.2. The Labute approximate surface area is 188 Å². The molecule has 0 unspecified atom stereocenters. The summed E-state index contributed by atoms with van der Waals surface area (Å²) in [6.45, 7) is 2.12. The van der Waals surface area contributed by atoms with Crippen LogP contribution in [-0.2, 0) is 6.54 Å². The molecule has 0 atom stereocenters. The summed E-state index contributed by atoms with van der Waals surface area (Å²) in [4.78, 5) is 39.7. The molecule has 0 saturated carbocycles. The number of piperidine rings is 1. The highest BCUT2D eigenvalue weighted by Crippen LogP contribution is 2.38. The van der Waals surface area contributed by atoms with E-state index in [1.807, 2.05) is 33.7 Å². The second-order valence-electron chi connectivity index (χ2n) is 8.47. The van der Waals surface area contributed by atoms with Crippen LogP contribution in [0, 0.1) is 0 Å². The van der Waals surface area contributed by atoms with Crippen LogP contribution in [0.25, 0.3) is 27.3 Å². The van der Waals surface area contributed by atoms with E-state index in [0.717, 1.165) is 54.4 Å². The van der Waals surface area contributed by atoms with Gasteiger partial charge >= 0.3 is 0 Å². The highest BCUT2D eigenvalue weighted by Gasteiger charge is 2.28. The molecule has 9 heteroatoms. The number of likely N-dealkylation sites (tertiary alicyclic amines) is 1. The molecule has 0 aliphatic carbocycles. The third-order valence-electron chi connectivity index (χ3n) is 6.41. The molecule has 1 saturated heterocycles. The minimum absolute atomic E-state index is 0.0180. The molecule has 0 bridgehead atoms. The minimum Gasteiger partial charge on any atom is -0.397 e. The summed E-state index contributed by atoms with van der Waals surface area (Å²) in [7, 11) is 1.80. The Morgan fingerprint density at radius 2 is 2.00 bits per heavy atom. The van der Waals surface area contributed by atoms with Crippen molar-refractivity contribution >= 4 is 44.7 Å². The molecule has 6 rings (SSSR count). The third-order valence-corrected chi connectivity index (χ3v) is 7.50. The van der Waals surface area contributed by atoms with Gasteiger partial charge in [-0.2, -0.15) is 0 Å². The number of imidazole rings is 1. The maximum Gasteiger partial charge on any atom is 0.266 e. The highest BCUT2D eigenvalue weighted by atomic mass is 32.1. The van der Waals surface area contributed by atoms with Gasteiger partial charge in [0, 0.05) is 50.2 Å². The number of nitrogens with zero attached hydrogens (tertiary/aromatic N) is 5. The quantitative estimate of drug-likeness (QED) is 0.509. The van der Waals surface area contributed by atoms with Crippen molar-refractivity contribution in [2.45, 2.75) is 25.8 Å². The molecule has 32 heavy (non-hydrogen) atoms. The largest absolute Gasteiger partial charge is 0.397 e. The van der Waals surface area contributed by atoms with Gasteiger partial charge in [0.15, 0.2) is 5.65 Å². The summed E-state index contributed by atoms with van der Waals surface area (Å²) in [5.74, 6) is 0.734. The van der Waals surface area contributed by atoms with E-state index in [1.54, 1.807) is 18.1 Å². The molecule has 162 valence electrons. The minimum atomic E-state index is -0.0180. The topological polar surface area (TPSA) is 96.8 Å². The molecule has 5 heterocycles. The first-order valence-electron chi connectivity index (χ1n) is 10.8. The molecular weight excluding hydrogens is 424 g/mol. The zero-order valence-corrected chi connectivity index (χ0v) is 18.5. The van der Waals surface area contributed by atoms with Crippen molar-refractivity contribution in [1.29, 1.82) is 0 Å². The van der Waals surface area contributed by atoms with Gasteiger partial charge in [-0.05, 0) is 37.0 Å². The van der Waals surface area contributed by atoms with E-state index in [2.05, 4.69) is 4.98 Å². The number of nitrogens with two attached hydrogens (primary N) is 1. The number of hydrogen-bond acceptors (Lipinski definition) is 6. The molecule has 2 N–H and O–H groups in total. The number of aromatic nitrogens is 3. The smallest absolute Gasteiger partial charge is 0.266 e. The van der Waals surface area contributed by atoms with Gasteiger partial charge in [-0.3, -0.25) is 14.0 Å². The van der Waals surface area contributed by atoms with E-state index in [-0.39, 0.29) is 11.8 Å². The standard InChI is InChI=1S/C23H22N6O2S/c1-27-12-14-11-13(5-6-15(14)22(27)30)19-26-21-16(20-25-7-10-29(19)20)17(24)18(32-21)23(31)28-8-3-2-4-9-28/h5-7,10-11H,2-4,8-9,12,24H2,1H3. The molecule has 2 aliphatic rings. The Hall–Kier alpha value is -3.46. The van der Waals surface area contributed by atoms with Crippen molar-refractivity contribution < 1.29 is 9.59 Å². The molecule has 0 spiro atoms. The van der Waals surface area contributed by atoms with E-state index in [1.165, 1.54) is 11.3 Å². The molecule has 0 radical (unpaired) electrons. The molecule has 4 aromatic rings. The zero-order valence-electron chi connectivity index (χ0n) is 17.7. The predicted molar refractivity (Wildman–Crippen MR) is 124 cm³/mol. The summed E-state index contributed by atoms with van der Waals surface area (Å²) < 4.78 is 1.91. The molecule has 3 aromatic heterocycles. The summed E-state index contributed by atoms with van der Waals surface area (Å²) in [6, 6.07) is 5.79. The molecular formula is C23H22N6O2S. The number of carbonyl (C=O) groups is 2. The molecule has 2 aliphatic heterocycles. The molecule has 1 aromatic carbocycles. The fourth-order valence-electron chi connectivity index (χ4n) is 4.74. The predicted octanol–water partition coefficient (Wildman–Crippen LogP) is 3.40.